The molecule has 0 heteroatoms. The minimum atomic E-state index is 1.29. The van der Waals surface area contributed by atoms with E-state index in [-0.39, 0.29) is 0 Å². The number of rotatable bonds is 84. The lowest BCUT2D eigenvalue weighted by molar-refractivity contribution is 0.515. The van der Waals surface area contributed by atoms with Gasteiger partial charge in [0.1, 0.15) is 0 Å². The molecule has 0 N–H and O–H groups in total. The van der Waals surface area contributed by atoms with Crippen molar-refractivity contribution in [3.63, 3.8) is 0 Å². The molecule has 0 saturated heterocycles. The molecule has 0 unspecified atom stereocenters. The predicted molar refractivity (Wildman–Crippen MR) is 433 cm³/mol. The van der Waals surface area contributed by atoms with Crippen molar-refractivity contribution in [3.05, 3.63) is 34.4 Å². The minimum absolute atomic E-state index is 1.29. The Morgan fingerprint density at radius 2 is 0.255 bits per heavy atom. The van der Waals surface area contributed by atoms with Gasteiger partial charge in [0, 0.05) is 0 Å². The van der Waals surface area contributed by atoms with Crippen LogP contribution in [-0.4, -0.2) is 0 Å². The lowest BCUT2D eigenvalue weighted by Gasteiger charge is -2.18. The number of hydrogen-bond donors (Lipinski definition) is 0. The average Bonchev–Trinajstić information content (AvgIpc) is 0.874. The van der Waals surface area contributed by atoms with E-state index in [4.69, 9.17) is 0 Å². The highest BCUT2D eigenvalue weighted by molar-refractivity contribution is 5.40. The van der Waals surface area contributed by atoms with Crippen LogP contribution in [0.3, 0.4) is 0 Å². The summed E-state index contributed by atoms with van der Waals surface area (Å²) in [6.07, 6.45) is 123. The Balaban J connectivity index is 2.37. The first-order valence-corrected chi connectivity index (χ1v) is 45.9. The van der Waals surface area contributed by atoms with Crippen molar-refractivity contribution in [1.29, 1.82) is 0 Å². The zero-order chi connectivity index (χ0) is 67.1. The number of hydrogen-bond acceptors (Lipinski definition) is 0. The van der Waals surface area contributed by atoms with Gasteiger partial charge in [0.05, 0.1) is 0 Å². The molecule has 558 valence electrons. The van der Waals surface area contributed by atoms with E-state index in [1.54, 1.807) is 16.7 Å². The van der Waals surface area contributed by atoms with Gasteiger partial charge in [-0.1, -0.05) is 528 Å². The molecule has 1 aromatic rings. The zero-order valence-electron chi connectivity index (χ0n) is 66.6. The van der Waals surface area contributed by atoms with Gasteiger partial charge in [0.2, 0.25) is 0 Å². The molecule has 0 aliphatic rings. The van der Waals surface area contributed by atoms with E-state index in [0.29, 0.717) is 0 Å². The monoisotopic (exact) mass is 1310 g/mol. The van der Waals surface area contributed by atoms with Gasteiger partial charge in [0.25, 0.3) is 0 Å². The Labute approximate surface area is 598 Å². The molecule has 1 rings (SSSR count). The lowest BCUT2D eigenvalue weighted by Crippen LogP contribution is -2.05. The van der Waals surface area contributed by atoms with Crippen LogP contribution >= 0.6 is 0 Å². The van der Waals surface area contributed by atoms with Crippen molar-refractivity contribution in [2.75, 3.05) is 0 Å². The molecule has 0 bridgehead atoms. The van der Waals surface area contributed by atoms with Gasteiger partial charge in [-0.25, -0.2) is 0 Å². The maximum atomic E-state index is 2.73. The fourth-order valence-corrected chi connectivity index (χ4v) is 16.0. The Morgan fingerprint density at radius 3 is 0.404 bits per heavy atom. The van der Waals surface area contributed by atoms with Gasteiger partial charge in [-0.15, -0.1) is 0 Å². The lowest BCUT2D eigenvalue weighted by atomic mass is 9.87. The first-order chi connectivity index (χ1) is 46.8. The molecule has 0 aliphatic heterocycles. The van der Waals surface area contributed by atoms with Gasteiger partial charge in [-0.2, -0.15) is 0 Å². The van der Waals surface area contributed by atoms with Crippen molar-refractivity contribution >= 4 is 0 Å². The summed E-state index contributed by atoms with van der Waals surface area (Å²) < 4.78 is 0. The topological polar surface area (TPSA) is 0 Å². The molecule has 0 heterocycles. The van der Waals surface area contributed by atoms with Gasteiger partial charge in [0.15, 0.2) is 0 Å². The minimum Gasteiger partial charge on any atom is -0.0654 e. The van der Waals surface area contributed by atoms with Crippen molar-refractivity contribution in [3.8, 4) is 0 Å². The van der Waals surface area contributed by atoms with E-state index in [2.05, 4.69) is 39.8 Å². The van der Waals surface area contributed by atoms with Crippen LogP contribution in [0.15, 0.2) is 12.1 Å². The fraction of sp³-hybridized carbons (Fsp3) is 0.936. The highest BCUT2D eigenvalue weighted by Crippen LogP contribution is 2.28. The Bertz CT molecular complexity index is 1420. The van der Waals surface area contributed by atoms with Crippen LogP contribution in [0.2, 0.25) is 0 Å². The molecule has 0 radical (unpaired) electrons. The van der Waals surface area contributed by atoms with Crippen LogP contribution in [-0.2, 0) is 25.7 Å². The van der Waals surface area contributed by atoms with Crippen molar-refractivity contribution < 1.29 is 0 Å². The number of unbranched alkanes of at least 4 members (excludes halogenated alkanes) is 76. The zero-order valence-corrected chi connectivity index (χ0v) is 66.6. The first-order valence-electron chi connectivity index (χ1n) is 45.9. The highest BCUT2D eigenvalue weighted by atomic mass is 14.2. The number of benzene rings is 1. The van der Waals surface area contributed by atoms with E-state index < -0.39 is 0 Å². The van der Waals surface area contributed by atoms with Crippen LogP contribution in [0, 0.1) is 0 Å². The Hall–Kier alpha value is -0.780. The Morgan fingerprint density at radius 1 is 0.128 bits per heavy atom. The third-order valence-corrected chi connectivity index (χ3v) is 22.7. The van der Waals surface area contributed by atoms with Crippen LogP contribution in [0.25, 0.3) is 0 Å². The molecule has 0 fully saturated rings. The molecule has 1 aromatic carbocycles. The maximum Gasteiger partial charge on any atom is -0.0273 e. The second kappa shape index (κ2) is 81.2. The van der Waals surface area contributed by atoms with Crippen LogP contribution < -0.4 is 0 Å². The normalized spacial score (nSPS) is 11.8. The first kappa shape index (κ1) is 91.2. The van der Waals surface area contributed by atoms with Crippen LogP contribution in [0.4, 0.5) is 0 Å². The van der Waals surface area contributed by atoms with Gasteiger partial charge >= 0.3 is 0 Å². The van der Waals surface area contributed by atoms with E-state index >= 15 is 0 Å². The Kier molecular flexibility index (Phi) is 78.8. The smallest absolute Gasteiger partial charge is 0.0273 e. The van der Waals surface area contributed by atoms with Crippen LogP contribution in [0.1, 0.15) is 564 Å². The highest BCUT2D eigenvalue weighted by Gasteiger charge is 2.13. The number of aryl methyl sites for hydroxylation is 3. The third-order valence-electron chi connectivity index (χ3n) is 22.7. The summed E-state index contributed by atoms with van der Waals surface area (Å²) in [4.78, 5) is 0. The molecule has 0 nitrogen and oxygen atoms in total. The molecule has 0 atom stereocenters. The summed E-state index contributed by atoms with van der Waals surface area (Å²) in [6, 6.07) is 5.46. The van der Waals surface area contributed by atoms with E-state index in [9.17, 15) is 0 Å². The molecular weight excluding hydrogens is 1130 g/mol. The average molecular weight is 1310 g/mol. The van der Waals surface area contributed by atoms with E-state index in [1.165, 1.54) is 539 Å². The SMILES string of the molecule is CCCCCCCCCCCCCCCCCCCCCCCCCCCCc1cc(CCCC)cc(CCCCCCCCCCCCCCCCCCCCCCCCCCCC)c1CCCCCCCCCCCCCCCCCCCCCCCCCCCC. The molecule has 0 aromatic heterocycles. The largest absolute Gasteiger partial charge is 0.0654 e. The third kappa shape index (κ3) is 69.7. The summed E-state index contributed by atoms with van der Waals surface area (Å²) in [5.74, 6) is 0. The molecule has 94 heavy (non-hydrogen) atoms. The van der Waals surface area contributed by atoms with E-state index in [0.717, 1.165) is 0 Å². The quantitative estimate of drug-likeness (QED) is 0.0570. The van der Waals surface area contributed by atoms with Gasteiger partial charge < -0.3 is 0 Å². The standard InChI is InChI=1S/C94H182/c1-5-9-13-16-19-22-25-28-31-34-37-40-43-46-49-52-55-58-61-64-67-70-73-76-79-82-86-92-89-91(85-12-8-4)90-93(87-83-80-77-74-71-68-65-62-59-56-53-50-47-44-41-38-35-32-29-26-23-20-17-14-10-6-2)94(92)88-84-81-78-75-72-69-66-63-60-57-54-51-48-45-42-39-36-33-30-27-24-21-18-15-11-7-3/h89-90H,5-88H2,1-4H3. The summed E-state index contributed by atoms with van der Waals surface area (Å²) in [7, 11) is 0. The molecule has 0 aliphatic carbocycles. The van der Waals surface area contributed by atoms with Crippen LogP contribution in [0.5, 0.6) is 0 Å². The van der Waals surface area contributed by atoms with Crippen molar-refractivity contribution in [2.24, 2.45) is 0 Å². The maximum absolute atomic E-state index is 2.73. The summed E-state index contributed by atoms with van der Waals surface area (Å²) in [5.41, 5.74) is 7.05. The molecule has 0 saturated carbocycles. The van der Waals surface area contributed by atoms with E-state index in [1.807, 2.05) is 5.56 Å². The summed E-state index contributed by atoms with van der Waals surface area (Å²) >= 11 is 0. The molecular formula is C94H182. The summed E-state index contributed by atoms with van der Waals surface area (Å²) in [6.45, 7) is 9.36. The molecule has 0 spiro atoms. The van der Waals surface area contributed by atoms with Gasteiger partial charge in [-0.05, 0) is 73.6 Å². The molecule has 0 amide bonds. The fourth-order valence-electron chi connectivity index (χ4n) is 16.0. The van der Waals surface area contributed by atoms with Gasteiger partial charge in [-0.3, -0.25) is 0 Å². The van der Waals surface area contributed by atoms with Crippen molar-refractivity contribution in [1.82, 2.24) is 0 Å². The second-order valence-corrected chi connectivity index (χ2v) is 32.3. The van der Waals surface area contributed by atoms with Crippen molar-refractivity contribution in [2.45, 2.75) is 567 Å². The summed E-state index contributed by atoms with van der Waals surface area (Å²) in [5, 5.41) is 0. The second-order valence-electron chi connectivity index (χ2n) is 32.3. The predicted octanol–water partition coefficient (Wildman–Crippen LogP) is 35.1.